The third-order valence-electron chi connectivity index (χ3n) is 0.235. The third kappa shape index (κ3) is 8.87. The van der Waals surface area contributed by atoms with Gasteiger partial charge < -0.3 is 9.53 Å². The van der Waals surface area contributed by atoms with E-state index in [1.165, 1.54) is 7.11 Å². The smallest absolute Gasteiger partial charge is 0.145 e. The summed E-state index contributed by atoms with van der Waals surface area (Å²) < 4.78 is 4.32. The van der Waals surface area contributed by atoms with E-state index in [0.717, 1.165) is 0 Å². The summed E-state index contributed by atoms with van der Waals surface area (Å²) in [5, 5.41) is 0. The molecule has 6 heavy (non-hydrogen) atoms. The number of hydrogen-bond acceptors (Lipinski definition) is 2. The van der Waals surface area contributed by atoms with E-state index in [-0.39, 0.29) is 26.1 Å². The topological polar surface area (TPSA) is 26.3 Å². The van der Waals surface area contributed by atoms with Crippen LogP contribution in [0.3, 0.4) is 0 Å². The molecule has 0 rings (SSSR count). The van der Waals surface area contributed by atoms with Crippen LogP contribution in [0.25, 0.3) is 0 Å². The number of ether oxygens (including phenoxy) is 1. The monoisotopic (exact) mass is 138 g/mol. The molecular weight excluding hydrogens is 133 g/mol. The molecule has 0 radical (unpaired) electrons. The van der Waals surface area contributed by atoms with Crippen LogP contribution in [0, 0.1) is 0 Å². The molecule has 0 N–H and O–H groups in total. The van der Waals surface area contributed by atoms with Gasteiger partial charge in [0.05, 0.1) is 0 Å². The molecule has 0 aromatic rings. The second-order valence-corrected chi connectivity index (χ2v) is 0.622. The molecule has 3 heteroatoms. The van der Waals surface area contributed by atoms with Gasteiger partial charge in [0.2, 0.25) is 0 Å². The summed E-state index contributed by atoms with van der Waals surface area (Å²) in [6.45, 7) is 0.208. The molecule has 0 heterocycles. The zero-order chi connectivity index (χ0) is 4.12. The van der Waals surface area contributed by atoms with Gasteiger partial charge in [-0.05, 0) is 0 Å². The standard InChI is InChI=1S/C3H6O2.Zn/c1-5-3-2-4;/h2H,3H2,1H3;. The van der Waals surface area contributed by atoms with Gasteiger partial charge in [-0.25, -0.2) is 0 Å². The molecule has 0 aliphatic rings. The first kappa shape index (κ1) is 9.54. The summed E-state index contributed by atoms with van der Waals surface area (Å²) in [4.78, 5) is 9.28. The van der Waals surface area contributed by atoms with Crippen LogP contribution in [0.15, 0.2) is 0 Å². The van der Waals surface area contributed by atoms with Crippen molar-refractivity contribution in [1.82, 2.24) is 0 Å². The molecule has 0 amide bonds. The molecule has 0 aliphatic heterocycles. The molecule has 0 spiro atoms. The normalized spacial score (nSPS) is 6.17. The van der Waals surface area contributed by atoms with E-state index >= 15 is 0 Å². The molecule has 0 bridgehead atoms. The fraction of sp³-hybridized carbons (Fsp3) is 0.667. The maximum absolute atomic E-state index is 9.28. The zero-order valence-corrected chi connectivity index (χ0v) is 6.78. The van der Waals surface area contributed by atoms with Crippen molar-refractivity contribution in [2.45, 2.75) is 0 Å². The number of aldehydes is 1. The van der Waals surface area contributed by atoms with Gasteiger partial charge in [-0.2, -0.15) is 0 Å². The number of hydrogen-bond donors (Lipinski definition) is 0. The van der Waals surface area contributed by atoms with Crippen molar-refractivity contribution in [2.24, 2.45) is 0 Å². The summed E-state index contributed by atoms with van der Waals surface area (Å²) in [6, 6.07) is 0. The summed E-state index contributed by atoms with van der Waals surface area (Å²) >= 11 is 0. The largest absolute Gasteiger partial charge is 0.377 e. The fourth-order valence-corrected chi connectivity index (χ4v) is 0.0680. The Labute approximate surface area is 49.6 Å². The van der Waals surface area contributed by atoms with Crippen LogP contribution >= 0.6 is 0 Å². The first-order valence-electron chi connectivity index (χ1n) is 1.34. The fourth-order valence-electron chi connectivity index (χ4n) is 0.0680. The summed E-state index contributed by atoms with van der Waals surface area (Å²) in [6.07, 6.45) is 0.708. The van der Waals surface area contributed by atoms with Crippen LogP contribution in [0.5, 0.6) is 0 Å². The van der Waals surface area contributed by atoms with Crippen molar-refractivity contribution in [2.75, 3.05) is 13.7 Å². The van der Waals surface area contributed by atoms with Crippen LogP contribution in [-0.2, 0) is 29.0 Å². The van der Waals surface area contributed by atoms with Crippen molar-refractivity contribution >= 4 is 6.29 Å². The quantitative estimate of drug-likeness (QED) is 0.392. The third-order valence-corrected chi connectivity index (χ3v) is 0.235. The molecule has 0 saturated carbocycles. The number of rotatable bonds is 2. The second-order valence-electron chi connectivity index (χ2n) is 0.622. The van der Waals surface area contributed by atoms with Gasteiger partial charge >= 0.3 is 0 Å². The minimum absolute atomic E-state index is 0. The summed E-state index contributed by atoms with van der Waals surface area (Å²) in [7, 11) is 1.48. The second kappa shape index (κ2) is 8.98. The minimum Gasteiger partial charge on any atom is -0.377 e. The molecule has 2 nitrogen and oxygen atoms in total. The predicted octanol–water partition coefficient (Wildman–Crippen LogP) is -0.171. The Morgan fingerprint density at radius 2 is 2.33 bits per heavy atom. The maximum atomic E-state index is 9.28. The van der Waals surface area contributed by atoms with Gasteiger partial charge in [-0.1, -0.05) is 0 Å². The average molecular weight is 139 g/mol. The molecular formula is C3H6O2Zn. The van der Waals surface area contributed by atoms with E-state index in [9.17, 15) is 4.79 Å². The molecule has 0 fully saturated rings. The van der Waals surface area contributed by atoms with Crippen molar-refractivity contribution in [1.29, 1.82) is 0 Å². The SMILES string of the molecule is COCC=O.[Zn]. The Hall–Kier alpha value is 0.253. The van der Waals surface area contributed by atoms with Gasteiger partial charge in [-0.3, -0.25) is 0 Å². The maximum Gasteiger partial charge on any atom is 0.145 e. The number of methoxy groups -OCH3 is 1. The van der Waals surface area contributed by atoms with Crippen LogP contribution < -0.4 is 0 Å². The predicted molar refractivity (Wildman–Crippen MR) is 17.9 cm³/mol. The molecule has 0 aliphatic carbocycles. The van der Waals surface area contributed by atoms with Gasteiger partial charge in [0.25, 0.3) is 0 Å². The van der Waals surface area contributed by atoms with Crippen LogP contribution in [0.1, 0.15) is 0 Å². The molecule has 0 saturated heterocycles. The average Bonchev–Trinajstić information content (AvgIpc) is 1.41. The summed E-state index contributed by atoms with van der Waals surface area (Å²) in [5.74, 6) is 0. The van der Waals surface area contributed by atoms with E-state index in [2.05, 4.69) is 4.74 Å². The Kier molecular flexibility index (Phi) is 14.3. The first-order chi connectivity index (χ1) is 2.41. The molecule has 0 atom stereocenters. The van der Waals surface area contributed by atoms with E-state index in [4.69, 9.17) is 0 Å². The van der Waals surface area contributed by atoms with E-state index in [0.29, 0.717) is 6.29 Å². The Morgan fingerprint density at radius 1 is 1.83 bits per heavy atom. The van der Waals surface area contributed by atoms with E-state index in [1.54, 1.807) is 0 Å². The number of carbonyl (C=O) groups excluding carboxylic acids is 1. The van der Waals surface area contributed by atoms with Crippen LogP contribution in [0.2, 0.25) is 0 Å². The molecule has 0 unspecified atom stereocenters. The van der Waals surface area contributed by atoms with Gasteiger partial charge in [-0.15, -0.1) is 0 Å². The van der Waals surface area contributed by atoms with Crippen molar-refractivity contribution < 1.29 is 29.0 Å². The van der Waals surface area contributed by atoms with Gasteiger partial charge in [0.1, 0.15) is 12.9 Å². The Bertz CT molecular complexity index is 30.0. The number of carbonyl (C=O) groups is 1. The van der Waals surface area contributed by atoms with Gasteiger partial charge in [0, 0.05) is 26.6 Å². The Morgan fingerprint density at radius 3 is 2.33 bits per heavy atom. The minimum atomic E-state index is 0. The van der Waals surface area contributed by atoms with Gasteiger partial charge in [0.15, 0.2) is 0 Å². The van der Waals surface area contributed by atoms with Crippen LogP contribution in [-0.4, -0.2) is 20.0 Å². The first-order valence-corrected chi connectivity index (χ1v) is 1.34. The van der Waals surface area contributed by atoms with E-state index in [1.807, 2.05) is 0 Å². The van der Waals surface area contributed by atoms with Crippen LogP contribution in [0.4, 0.5) is 0 Å². The van der Waals surface area contributed by atoms with Crippen molar-refractivity contribution in [3.05, 3.63) is 0 Å². The Balaban J connectivity index is 0. The van der Waals surface area contributed by atoms with E-state index < -0.39 is 0 Å². The van der Waals surface area contributed by atoms with Crippen molar-refractivity contribution in [3.8, 4) is 0 Å². The molecule has 32 valence electrons. The van der Waals surface area contributed by atoms with Crippen molar-refractivity contribution in [3.63, 3.8) is 0 Å². The summed E-state index contributed by atoms with van der Waals surface area (Å²) in [5.41, 5.74) is 0. The molecule has 0 aromatic carbocycles. The molecule has 0 aromatic heterocycles. The zero-order valence-electron chi connectivity index (χ0n) is 3.81.